The van der Waals surface area contributed by atoms with Gasteiger partial charge in [-0.3, -0.25) is 15.4 Å². The minimum Gasteiger partial charge on any atom is -0.448 e. The summed E-state index contributed by atoms with van der Waals surface area (Å²) in [6.07, 6.45) is -0.610. The number of benzene rings is 2. The van der Waals surface area contributed by atoms with Crippen LogP contribution in [0.2, 0.25) is 5.02 Å². The minimum absolute atomic E-state index is 0.0770. The topological polar surface area (TPSA) is 107 Å². The van der Waals surface area contributed by atoms with Crippen LogP contribution in [0.1, 0.15) is 0 Å². The van der Waals surface area contributed by atoms with Gasteiger partial charge in [-0.15, -0.1) is 11.8 Å². The number of nitro groups is 1. The minimum atomic E-state index is -0.610. The molecule has 0 aliphatic carbocycles. The third kappa shape index (κ3) is 4.40. The molecule has 134 valence electrons. The highest BCUT2D eigenvalue weighted by molar-refractivity contribution is 7.99. The lowest BCUT2D eigenvalue weighted by atomic mass is 10.3. The molecular formula is C15H11ClN4O4S2. The second kappa shape index (κ2) is 8.30. The van der Waals surface area contributed by atoms with Crippen LogP contribution in [0, 0.1) is 10.1 Å². The molecule has 0 saturated carbocycles. The Morgan fingerprint density at radius 2 is 2.04 bits per heavy atom. The number of hydrogen-bond acceptors (Lipinski definition) is 8. The van der Waals surface area contributed by atoms with Crippen LogP contribution in [0.4, 0.5) is 16.2 Å². The fourth-order valence-corrected chi connectivity index (χ4v) is 3.61. The largest absolute Gasteiger partial charge is 0.448 e. The number of aromatic nitrogens is 2. The van der Waals surface area contributed by atoms with Crippen LogP contribution in [0.25, 0.3) is 11.0 Å². The zero-order valence-corrected chi connectivity index (χ0v) is 15.4. The van der Waals surface area contributed by atoms with Crippen LogP contribution in [-0.2, 0) is 4.74 Å². The van der Waals surface area contributed by atoms with Gasteiger partial charge in [0.15, 0.2) is 5.52 Å². The first kappa shape index (κ1) is 18.4. The summed E-state index contributed by atoms with van der Waals surface area (Å²) in [4.78, 5) is 23.0. The first-order valence-corrected chi connectivity index (χ1v) is 9.36. The molecule has 1 heterocycles. The zero-order valence-electron chi connectivity index (χ0n) is 13.0. The maximum atomic E-state index is 11.7. The molecule has 0 bridgehead atoms. The van der Waals surface area contributed by atoms with Crippen molar-refractivity contribution in [1.82, 2.24) is 8.75 Å². The van der Waals surface area contributed by atoms with Crippen molar-refractivity contribution >= 4 is 63.6 Å². The molecule has 1 aromatic heterocycles. The predicted octanol–water partition coefficient (Wildman–Crippen LogP) is 4.59. The molecule has 1 N–H and O–H groups in total. The van der Waals surface area contributed by atoms with E-state index in [4.69, 9.17) is 16.3 Å². The van der Waals surface area contributed by atoms with Crippen molar-refractivity contribution in [2.75, 3.05) is 17.7 Å². The summed E-state index contributed by atoms with van der Waals surface area (Å²) >= 11 is 7.91. The van der Waals surface area contributed by atoms with Crippen molar-refractivity contribution in [3.05, 3.63) is 51.5 Å². The number of halogens is 1. The highest BCUT2D eigenvalue weighted by atomic mass is 35.5. The molecule has 0 aliphatic heterocycles. The van der Waals surface area contributed by atoms with Gasteiger partial charge in [0.25, 0.3) is 0 Å². The second-order valence-electron chi connectivity index (χ2n) is 4.92. The lowest BCUT2D eigenvalue weighted by Gasteiger charge is -2.07. The van der Waals surface area contributed by atoms with Gasteiger partial charge in [0.05, 0.1) is 21.5 Å². The molecule has 3 aromatic rings. The van der Waals surface area contributed by atoms with E-state index in [0.29, 0.717) is 26.9 Å². The molecular weight excluding hydrogens is 400 g/mol. The first-order valence-electron chi connectivity index (χ1n) is 7.26. The molecule has 0 fully saturated rings. The Hall–Kier alpha value is -2.43. The van der Waals surface area contributed by atoms with Gasteiger partial charge in [-0.25, -0.2) is 4.79 Å². The number of nitrogens with one attached hydrogen (secondary N) is 1. The van der Waals surface area contributed by atoms with Gasteiger partial charge in [0, 0.05) is 16.5 Å². The number of nitrogens with zero attached hydrogens (tertiary/aromatic N) is 3. The van der Waals surface area contributed by atoms with Crippen LogP contribution in [0.5, 0.6) is 0 Å². The third-order valence-electron chi connectivity index (χ3n) is 3.21. The normalized spacial score (nSPS) is 10.7. The summed E-state index contributed by atoms with van der Waals surface area (Å²) in [7, 11) is 0. The van der Waals surface area contributed by atoms with Crippen LogP contribution in [-0.4, -0.2) is 32.1 Å². The Morgan fingerprint density at radius 3 is 2.77 bits per heavy atom. The van der Waals surface area contributed by atoms with Gasteiger partial charge in [0.2, 0.25) is 0 Å². The lowest BCUT2D eigenvalue weighted by Crippen LogP contribution is -2.15. The number of rotatable bonds is 6. The number of anilines is 1. The van der Waals surface area contributed by atoms with E-state index in [0.717, 1.165) is 11.7 Å². The third-order valence-corrected chi connectivity index (χ3v) is 5.02. The molecule has 0 saturated heterocycles. The molecule has 0 unspecified atom stereocenters. The smallest absolute Gasteiger partial charge is 0.411 e. The average Bonchev–Trinajstić information content (AvgIpc) is 3.08. The van der Waals surface area contributed by atoms with E-state index in [1.807, 2.05) is 0 Å². The van der Waals surface area contributed by atoms with Crippen LogP contribution >= 0.6 is 35.1 Å². The van der Waals surface area contributed by atoms with E-state index in [2.05, 4.69) is 14.1 Å². The molecule has 26 heavy (non-hydrogen) atoms. The van der Waals surface area contributed by atoms with E-state index < -0.39 is 11.0 Å². The van der Waals surface area contributed by atoms with Gasteiger partial charge >= 0.3 is 11.8 Å². The van der Waals surface area contributed by atoms with Crippen molar-refractivity contribution in [2.45, 2.75) is 4.90 Å². The zero-order chi connectivity index (χ0) is 18.5. The van der Waals surface area contributed by atoms with E-state index in [-0.39, 0.29) is 17.8 Å². The molecule has 0 spiro atoms. The molecule has 1 amide bonds. The van der Waals surface area contributed by atoms with E-state index in [1.54, 1.807) is 36.4 Å². The Balaban J connectivity index is 1.54. The van der Waals surface area contributed by atoms with Crippen LogP contribution < -0.4 is 5.32 Å². The fourth-order valence-electron chi connectivity index (χ4n) is 2.09. The van der Waals surface area contributed by atoms with E-state index in [1.165, 1.54) is 11.8 Å². The van der Waals surface area contributed by atoms with Gasteiger partial charge in [0.1, 0.15) is 12.1 Å². The van der Waals surface area contributed by atoms with E-state index in [9.17, 15) is 14.9 Å². The van der Waals surface area contributed by atoms with Crippen LogP contribution in [0.3, 0.4) is 0 Å². The monoisotopic (exact) mass is 410 g/mol. The number of ether oxygens (including phenoxy) is 1. The van der Waals surface area contributed by atoms with Gasteiger partial charge < -0.3 is 4.74 Å². The number of thioether (sulfide) groups is 1. The number of hydrogen-bond donors (Lipinski definition) is 1. The molecule has 8 nitrogen and oxygen atoms in total. The maximum Gasteiger partial charge on any atom is 0.411 e. The number of fused-ring (bicyclic) bond motifs is 1. The summed E-state index contributed by atoms with van der Waals surface area (Å²) in [5.74, 6) is 0.359. The van der Waals surface area contributed by atoms with Gasteiger partial charge in [-0.1, -0.05) is 11.6 Å². The SMILES string of the molecule is O=C(Nc1ccc(Cl)cc1)OCCSc1ccc2nsnc2c1[N+](=O)[O-]. The molecule has 0 aliphatic rings. The molecule has 2 aromatic carbocycles. The van der Waals surface area contributed by atoms with Crippen molar-refractivity contribution in [3.63, 3.8) is 0 Å². The molecule has 0 atom stereocenters. The Morgan fingerprint density at radius 1 is 1.27 bits per heavy atom. The predicted molar refractivity (Wildman–Crippen MR) is 101 cm³/mol. The number of carbonyl (C=O) groups excluding carboxylic acids is 1. The standard InChI is InChI=1S/C15H11ClN4O4S2/c16-9-1-3-10(4-2-9)17-15(21)24-7-8-25-12-6-5-11-13(19-26-18-11)14(12)20(22)23/h1-6H,7-8H2,(H,17,21). The fraction of sp³-hybridized carbons (Fsp3) is 0.133. The quantitative estimate of drug-likeness (QED) is 0.274. The van der Waals surface area contributed by atoms with Gasteiger partial charge in [-0.05, 0) is 36.4 Å². The lowest BCUT2D eigenvalue weighted by molar-refractivity contribution is -0.386. The van der Waals surface area contributed by atoms with Crippen molar-refractivity contribution in [1.29, 1.82) is 0 Å². The Bertz CT molecular complexity index is 948. The first-order chi connectivity index (χ1) is 12.5. The van der Waals surface area contributed by atoms with Crippen LogP contribution in [0.15, 0.2) is 41.3 Å². The number of amides is 1. The summed E-state index contributed by atoms with van der Waals surface area (Å²) < 4.78 is 13.1. The second-order valence-corrected chi connectivity index (χ2v) is 7.02. The van der Waals surface area contributed by atoms with E-state index >= 15 is 0 Å². The van der Waals surface area contributed by atoms with Gasteiger partial charge in [-0.2, -0.15) is 8.75 Å². The number of nitro benzene ring substituents is 1. The summed E-state index contributed by atoms with van der Waals surface area (Å²) in [6, 6.07) is 9.91. The molecule has 11 heteroatoms. The van der Waals surface area contributed by atoms with Crippen molar-refractivity contribution < 1.29 is 14.5 Å². The Labute approximate surface area is 161 Å². The summed E-state index contributed by atoms with van der Waals surface area (Å²) in [6.45, 7) is 0.0919. The molecule has 0 radical (unpaired) electrons. The van der Waals surface area contributed by atoms with Crippen molar-refractivity contribution in [3.8, 4) is 0 Å². The maximum absolute atomic E-state index is 11.7. The number of carbonyl (C=O) groups is 1. The highest BCUT2D eigenvalue weighted by Gasteiger charge is 2.21. The Kier molecular flexibility index (Phi) is 5.86. The van der Waals surface area contributed by atoms with Crippen molar-refractivity contribution in [2.24, 2.45) is 0 Å². The summed E-state index contributed by atoms with van der Waals surface area (Å²) in [5.41, 5.74) is 1.24. The average molecular weight is 411 g/mol. The summed E-state index contributed by atoms with van der Waals surface area (Å²) in [5, 5.41) is 14.5. The highest BCUT2D eigenvalue weighted by Crippen LogP contribution is 2.34. The molecule has 3 rings (SSSR count).